The van der Waals surface area contributed by atoms with E-state index in [2.05, 4.69) is 53.4 Å². The molecule has 51 heavy (non-hydrogen) atoms. The number of rotatable bonds is 7. The number of carbonyl (C=O) groups is 3. The van der Waals surface area contributed by atoms with E-state index in [4.69, 9.17) is 4.84 Å². The molecule has 5 atom stereocenters. The summed E-state index contributed by atoms with van der Waals surface area (Å²) in [6, 6.07) is 14.6. The Balaban J connectivity index is 1.18. The Morgan fingerprint density at radius 1 is 0.980 bits per heavy atom. The molecule has 3 amide bonds. The van der Waals surface area contributed by atoms with Gasteiger partial charge < -0.3 is 20.4 Å². The predicted octanol–water partition coefficient (Wildman–Crippen LogP) is 4.41. The van der Waals surface area contributed by atoms with Crippen LogP contribution in [0.4, 0.5) is 0 Å². The zero-order chi connectivity index (χ0) is 36.0. The second-order valence-corrected chi connectivity index (χ2v) is 18.0. The van der Waals surface area contributed by atoms with Gasteiger partial charge in [-0.3, -0.25) is 19.1 Å². The molecule has 3 aliphatic carbocycles. The van der Waals surface area contributed by atoms with E-state index >= 15 is 0 Å². The van der Waals surface area contributed by atoms with E-state index in [1.54, 1.807) is 4.90 Å². The van der Waals surface area contributed by atoms with E-state index in [0.29, 0.717) is 31.5 Å². The van der Waals surface area contributed by atoms with Crippen molar-refractivity contribution in [2.45, 2.75) is 108 Å². The highest BCUT2D eigenvalue weighted by atomic mass is 32.2. The van der Waals surface area contributed by atoms with Crippen molar-refractivity contribution in [3.63, 3.8) is 0 Å². The van der Waals surface area contributed by atoms with Gasteiger partial charge in [0.15, 0.2) is 0 Å². The van der Waals surface area contributed by atoms with E-state index in [1.807, 2.05) is 48.6 Å². The minimum absolute atomic E-state index is 0.0684. The molecule has 7 rings (SSSR count). The summed E-state index contributed by atoms with van der Waals surface area (Å²) in [5.41, 5.74) is 3.26. The fourth-order valence-corrected chi connectivity index (χ4v) is 8.91. The number of nitrogens with one attached hydrogen (secondary N) is 3. The predicted molar refractivity (Wildman–Crippen MR) is 195 cm³/mol. The normalized spacial score (nSPS) is 28.6. The van der Waals surface area contributed by atoms with Crippen molar-refractivity contribution in [1.29, 1.82) is 0 Å². The standard InChI is InChI=1S/C39H49N5O6S/c1-38(2,3)24-40-32-18-8-6-4-5-7-13-25-22-39(25,37(47)43-51(48,49)27-19-20-27)41-35(45)33-21-26(23-44(33)36(32)46)50-42-34-30-16-11-9-14-28(30)29-15-10-12-17-31(29)34/h7,9-17,25-27,32-33,40H,4-6,8,18-24H2,1-3H3,(H,41,45)(H,43,47)/b13-7-/t25?,26-,32-,33+,39-/m1/s1. The first kappa shape index (κ1) is 35.4. The molecular formula is C39H49N5O6S. The lowest BCUT2D eigenvalue weighted by molar-refractivity contribution is -0.141. The number of sulfonamides is 1. The summed E-state index contributed by atoms with van der Waals surface area (Å²) in [7, 11) is -3.83. The average molecular weight is 716 g/mol. The van der Waals surface area contributed by atoms with Gasteiger partial charge in [-0.05, 0) is 55.1 Å². The third-order valence-corrected chi connectivity index (χ3v) is 12.5. The van der Waals surface area contributed by atoms with Crippen molar-refractivity contribution >= 4 is 33.5 Å². The maximum absolute atomic E-state index is 14.5. The smallest absolute Gasteiger partial charge is 0.259 e. The van der Waals surface area contributed by atoms with Crippen LogP contribution in [0.25, 0.3) is 11.1 Å². The fourth-order valence-electron chi connectivity index (χ4n) is 7.54. The number of hydrogen-bond acceptors (Lipinski definition) is 8. The Hall–Kier alpha value is -4.03. The first-order chi connectivity index (χ1) is 24.4. The van der Waals surface area contributed by atoms with Crippen LogP contribution in [-0.2, 0) is 29.2 Å². The van der Waals surface area contributed by atoms with E-state index in [9.17, 15) is 22.8 Å². The molecule has 2 heterocycles. The molecule has 5 aliphatic rings. The van der Waals surface area contributed by atoms with E-state index in [-0.39, 0.29) is 36.6 Å². The van der Waals surface area contributed by atoms with Gasteiger partial charge in [0, 0.05) is 30.0 Å². The van der Waals surface area contributed by atoms with Gasteiger partial charge in [0.05, 0.1) is 17.8 Å². The number of fused-ring (bicyclic) bond motifs is 5. The van der Waals surface area contributed by atoms with Gasteiger partial charge in [0.2, 0.25) is 21.8 Å². The molecule has 3 N–H and O–H groups in total. The highest BCUT2D eigenvalue weighted by Crippen LogP contribution is 2.46. The van der Waals surface area contributed by atoms with E-state index < -0.39 is 50.8 Å². The highest BCUT2D eigenvalue weighted by molar-refractivity contribution is 7.91. The molecule has 3 fully saturated rings. The van der Waals surface area contributed by atoms with Crippen molar-refractivity contribution in [2.24, 2.45) is 16.5 Å². The lowest BCUT2D eigenvalue weighted by Gasteiger charge is -2.31. The molecule has 2 aromatic carbocycles. The van der Waals surface area contributed by atoms with Crippen LogP contribution in [0.2, 0.25) is 0 Å². The Morgan fingerprint density at radius 3 is 2.29 bits per heavy atom. The van der Waals surface area contributed by atoms with Crippen molar-refractivity contribution in [3.8, 4) is 11.1 Å². The first-order valence-electron chi connectivity index (χ1n) is 18.4. The summed E-state index contributed by atoms with van der Waals surface area (Å²) in [4.78, 5) is 50.3. The minimum atomic E-state index is -3.83. The number of nitrogens with zero attached hydrogens (tertiary/aromatic N) is 2. The van der Waals surface area contributed by atoms with E-state index in [1.165, 1.54) is 0 Å². The molecule has 2 aliphatic heterocycles. The SMILES string of the molecule is CC(C)(C)CN[C@@H]1CCCCC/C=C\C2C[C@@]2(C(=O)NS(=O)(=O)C2CC2)NC(=O)[C@@H]2C[C@@H](ON=C3c4ccccc4-c4ccccc43)CN2C1=O. The van der Waals surface area contributed by atoms with Gasteiger partial charge in [-0.25, -0.2) is 8.42 Å². The van der Waals surface area contributed by atoms with Crippen molar-refractivity contribution < 1.29 is 27.6 Å². The fraction of sp³-hybridized carbons (Fsp3) is 0.538. The monoisotopic (exact) mass is 715 g/mol. The summed E-state index contributed by atoms with van der Waals surface area (Å²) in [6.07, 6.45) is 8.93. The molecule has 12 heteroatoms. The van der Waals surface area contributed by atoms with Crippen molar-refractivity contribution in [1.82, 2.24) is 20.3 Å². The largest absolute Gasteiger partial charge is 0.390 e. The highest BCUT2D eigenvalue weighted by Gasteiger charge is 2.62. The lowest BCUT2D eigenvalue weighted by atomic mass is 9.95. The van der Waals surface area contributed by atoms with Crippen LogP contribution in [0.15, 0.2) is 65.8 Å². The van der Waals surface area contributed by atoms with Gasteiger partial charge in [0.1, 0.15) is 23.4 Å². The molecule has 1 unspecified atom stereocenters. The third kappa shape index (κ3) is 7.48. The van der Waals surface area contributed by atoms with Crippen molar-refractivity contribution in [2.75, 3.05) is 13.1 Å². The Morgan fingerprint density at radius 2 is 1.65 bits per heavy atom. The Kier molecular flexibility index (Phi) is 9.60. The molecule has 2 saturated carbocycles. The van der Waals surface area contributed by atoms with Crippen LogP contribution in [0.1, 0.15) is 89.7 Å². The van der Waals surface area contributed by atoms with Crippen molar-refractivity contribution in [3.05, 3.63) is 71.8 Å². The molecular weight excluding hydrogens is 667 g/mol. The quantitative estimate of drug-likeness (QED) is 0.243. The van der Waals surface area contributed by atoms with Gasteiger partial charge in [-0.2, -0.15) is 0 Å². The van der Waals surface area contributed by atoms with Crippen LogP contribution in [0, 0.1) is 11.3 Å². The molecule has 0 spiro atoms. The number of oxime groups is 1. The van der Waals surface area contributed by atoms with Crippen LogP contribution in [0.3, 0.4) is 0 Å². The summed E-state index contributed by atoms with van der Waals surface area (Å²) >= 11 is 0. The molecule has 11 nitrogen and oxygen atoms in total. The minimum Gasteiger partial charge on any atom is -0.390 e. The van der Waals surface area contributed by atoms with Gasteiger partial charge >= 0.3 is 0 Å². The number of carbonyl (C=O) groups excluding carboxylic acids is 3. The van der Waals surface area contributed by atoms with Crippen LogP contribution < -0.4 is 15.4 Å². The first-order valence-corrected chi connectivity index (χ1v) is 19.9. The zero-order valence-electron chi connectivity index (χ0n) is 29.7. The molecule has 0 aromatic heterocycles. The summed E-state index contributed by atoms with van der Waals surface area (Å²) in [6.45, 7) is 7.08. The number of amides is 3. The number of allylic oxidation sites excluding steroid dienone is 1. The van der Waals surface area contributed by atoms with E-state index in [0.717, 1.165) is 47.9 Å². The maximum Gasteiger partial charge on any atom is 0.259 e. The number of benzene rings is 2. The molecule has 1 saturated heterocycles. The average Bonchev–Trinajstić information content (AvgIpc) is 4.00. The molecule has 0 bridgehead atoms. The summed E-state index contributed by atoms with van der Waals surface area (Å²) < 4.78 is 27.9. The topological polar surface area (TPSA) is 146 Å². The second kappa shape index (κ2) is 13.8. The summed E-state index contributed by atoms with van der Waals surface area (Å²) in [5.74, 6) is -1.77. The van der Waals surface area contributed by atoms with Gasteiger partial charge in [0.25, 0.3) is 5.91 Å². The third-order valence-electron chi connectivity index (χ3n) is 10.7. The van der Waals surface area contributed by atoms with Crippen LogP contribution >= 0.6 is 0 Å². The zero-order valence-corrected chi connectivity index (χ0v) is 30.5. The second-order valence-electron chi connectivity index (χ2n) is 16.0. The molecule has 2 aromatic rings. The van der Waals surface area contributed by atoms with Gasteiger partial charge in [-0.15, -0.1) is 0 Å². The molecule has 272 valence electrons. The van der Waals surface area contributed by atoms with Crippen LogP contribution in [-0.4, -0.2) is 78.8 Å². The maximum atomic E-state index is 14.5. The Labute approximate surface area is 300 Å². The summed E-state index contributed by atoms with van der Waals surface area (Å²) in [5, 5.41) is 10.5. The molecule has 0 radical (unpaired) electrons. The number of hydrogen-bond donors (Lipinski definition) is 3. The van der Waals surface area contributed by atoms with Crippen LogP contribution in [0.5, 0.6) is 0 Å². The lowest BCUT2D eigenvalue weighted by Crippen LogP contribution is -2.58. The Bertz CT molecular complexity index is 1820. The van der Waals surface area contributed by atoms with Gasteiger partial charge in [-0.1, -0.05) is 99.5 Å².